The zero-order chi connectivity index (χ0) is 18.6. The first-order valence-corrected chi connectivity index (χ1v) is 9.88. The van der Waals surface area contributed by atoms with Crippen LogP contribution in [0.5, 0.6) is 5.75 Å². The number of hydrogen-bond donors (Lipinski definition) is 3. The maximum atomic E-state index is 11.7. The normalized spacial score (nSPS) is 15.4. The standard InChI is InChI=1S/C16H22N2O6S/c1-10(19)17-13-8-11(16(20)21)9-14(18-25(2,22)23)15(13)24-12-6-4-3-5-7-12/h8-9,12,18H,3-7H2,1-2H3,(H,17,19)(H,20,21). The second-order valence-electron chi connectivity index (χ2n) is 6.14. The average molecular weight is 370 g/mol. The van der Waals surface area contributed by atoms with E-state index in [1.54, 1.807) is 0 Å². The fourth-order valence-electron chi connectivity index (χ4n) is 2.79. The Morgan fingerprint density at radius 3 is 2.28 bits per heavy atom. The van der Waals surface area contributed by atoms with Gasteiger partial charge in [0, 0.05) is 6.92 Å². The molecule has 1 fully saturated rings. The Morgan fingerprint density at radius 2 is 1.76 bits per heavy atom. The van der Waals surface area contributed by atoms with Gasteiger partial charge in [0.15, 0.2) is 5.75 Å². The van der Waals surface area contributed by atoms with E-state index in [9.17, 15) is 23.1 Å². The van der Waals surface area contributed by atoms with Crippen molar-refractivity contribution < 1.29 is 27.9 Å². The summed E-state index contributed by atoms with van der Waals surface area (Å²) in [5.41, 5.74) is -0.0354. The molecule has 0 spiro atoms. The van der Waals surface area contributed by atoms with Crippen LogP contribution in [0, 0.1) is 0 Å². The molecule has 0 unspecified atom stereocenters. The molecule has 0 heterocycles. The van der Waals surface area contributed by atoms with Crippen LogP contribution in [0.4, 0.5) is 11.4 Å². The van der Waals surface area contributed by atoms with E-state index < -0.39 is 21.9 Å². The van der Waals surface area contributed by atoms with Gasteiger partial charge in [-0.3, -0.25) is 9.52 Å². The van der Waals surface area contributed by atoms with Crippen LogP contribution in [0.25, 0.3) is 0 Å². The Bertz CT molecular complexity index is 769. The number of sulfonamides is 1. The number of amides is 1. The molecular formula is C16H22N2O6S. The average Bonchev–Trinajstić information content (AvgIpc) is 2.49. The SMILES string of the molecule is CC(=O)Nc1cc(C(=O)O)cc(NS(C)(=O)=O)c1OC1CCCCC1. The van der Waals surface area contributed by atoms with Gasteiger partial charge in [-0.1, -0.05) is 6.42 Å². The Morgan fingerprint density at radius 1 is 1.16 bits per heavy atom. The molecule has 1 amide bonds. The van der Waals surface area contributed by atoms with E-state index in [1.807, 2.05) is 0 Å². The molecule has 1 aromatic carbocycles. The van der Waals surface area contributed by atoms with Gasteiger partial charge in [-0.25, -0.2) is 13.2 Å². The summed E-state index contributed by atoms with van der Waals surface area (Å²) in [6.07, 6.45) is 5.60. The van der Waals surface area contributed by atoms with Crippen molar-refractivity contribution in [2.75, 3.05) is 16.3 Å². The summed E-state index contributed by atoms with van der Waals surface area (Å²) in [4.78, 5) is 22.8. The molecule has 0 saturated heterocycles. The number of carboxylic acid groups (broad SMARTS) is 1. The highest BCUT2D eigenvalue weighted by molar-refractivity contribution is 7.92. The van der Waals surface area contributed by atoms with Crippen LogP contribution in [0.1, 0.15) is 49.4 Å². The third-order valence-corrected chi connectivity index (χ3v) is 4.37. The Hall–Kier alpha value is -2.29. The third-order valence-electron chi connectivity index (χ3n) is 3.78. The smallest absolute Gasteiger partial charge is 0.335 e. The fourth-order valence-corrected chi connectivity index (χ4v) is 3.34. The van der Waals surface area contributed by atoms with Gasteiger partial charge in [0.2, 0.25) is 15.9 Å². The summed E-state index contributed by atoms with van der Waals surface area (Å²) in [6.45, 7) is 1.28. The summed E-state index contributed by atoms with van der Waals surface area (Å²) < 4.78 is 31.6. The fraction of sp³-hybridized carbons (Fsp3) is 0.500. The van der Waals surface area contributed by atoms with Crippen LogP contribution in [-0.2, 0) is 14.8 Å². The minimum absolute atomic E-state index is 0.00303. The maximum Gasteiger partial charge on any atom is 0.335 e. The van der Waals surface area contributed by atoms with Crippen LogP contribution >= 0.6 is 0 Å². The number of aromatic carboxylic acids is 1. The number of carbonyl (C=O) groups is 2. The van der Waals surface area contributed by atoms with Crippen LogP contribution < -0.4 is 14.8 Å². The molecule has 1 saturated carbocycles. The number of carboxylic acids is 1. The third kappa shape index (κ3) is 5.63. The highest BCUT2D eigenvalue weighted by Gasteiger charge is 2.23. The van der Waals surface area contributed by atoms with Gasteiger partial charge < -0.3 is 15.2 Å². The van der Waals surface area contributed by atoms with Crippen molar-refractivity contribution in [3.8, 4) is 5.75 Å². The number of nitrogens with one attached hydrogen (secondary N) is 2. The first-order chi connectivity index (χ1) is 11.7. The second-order valence-corrected chi connectivity index (χ2v) is 7.89. The van der Waals surface area contributed by atoms with Crippen molar-refractivity contribution in [3.05, 3.63) is 17.7 Å². The Balaban J connectivity index is 2.51. The predicted molar refractivity (Wildman–Crippen MR) is 93.7 cm³/mol. The largest absolute Gasteiger partial charge is 0.486 e. The molecule has 0 radical (unpaired) electrons. The van der Waals surface area contributed by atoms with Gasteiger partial charge in [0.25, 0.3) is 0 Å². The molecule has 3 N–H and O–H groups in total. The van der Waals surface area contributed by atoms with Crippen molar-refractivity contribution >= 4 is 33.3 Å². The van der Waals surface area contributed by atoms with Gasteiger partial charge in [-0.15, -0.1) is 0 Å². The molecule has 9 heteroatoms. The van der Waals surface area contributed by atoms with Crippen molar-refractivity contribution in [1.29, 1.82) is 0 Å². The molecule has 0 aromatic heterocycles. The molecule has 0 aliphatic heterocycles. The minimum atomic E-state index is -3.66. The molecule has 1 aliphatic carbocycles. The van der Waals surface area contributed by atoms with Gasteiger partial charge in [0.1, 0.15) is 0 Å². The van der Waals surface area contributed by atoms with Crippen molar-refractivity contribution in [2.45, 2.75) is 45.1 Å². The highest BCUT2D eigenvalue weighted by Crippen LogP contribution is 2.38. The van der Waals surface area contributed by atoms with Crippen LogP contribution in [-0.4, -0.2) is 37.8 Å². The quantitative estimate of drug-likeness (QED) is 0.707. The molecule has 1 aliphatic rings. The predicted octanol–water partition coefficient (Wildman–Crippen LogP) is 2.43. The van der Waals surface area contributed by atoms with Crippen molar-refractivity contribution in [2.24, 2.45) is 0 Å². The summed E-state index contributed by atoms with van der Waals surface area (Å²) in [5, 5.41) is 11.8. The monoisotopic (exact) mass is 370 g/mol. The number of ether oxygens (including phenoxy) is 1. The Labute approximate surface area is 146 Å². The number of anilines is 2. The number of carbonyl (C=O) groups excluding carboxylic acids is 1. The van der Waals surface area contributed by atoms with Gasteiger partial charge >= 0.3 is 5.97 Å². The van der Waals surface area contributed by atoms with Crippen LogP contribution in [0.2, 0.25) is 0 Å². The van der Waals surface area contributed by atoms with Gasteiger partial charge in [-0.2, -0.15) is 0 Å². The second kappa shape index (κ2) is 7.73. The highest BCUT2D eigenvalue weighted by atomic mass is 32.2. The van der Waals surface area contributed by atoms with Crippen LogP contribution in [0.15, 0.2) is 12.1 Å². The lowest BCUT2D eigenvalue weighted by Crippen LogP contribution is -2.22. The van der Waals surface area contributed by atoms with E-state index >= 15 is 0 Å². The molecular weight excluding hydrogens is 348 g/mol. The molecule has 2 rings (SSSR count). The van der Waals surface area contributed by atoms with E-state index in [1.165, 1.54) is 19.1 Å². The van der Waals surface area contributed by atoms with Crippen molar-refractivity contribution in [1.82, 2.24) is 0 Å². The lowest BCUT2D eigenvalue weighted by atomic mass is 9.97. The number of hydrogen-bond acceptors (Lipinski definition) is 5. The molecule has 0 bridgehead atoms. The van der Waals surface area contributed by atoms with E-state index in [-0.39, 0.29) is 28.8 Å². The first kappa shape index (κ1) is 19.0. The topological polar surface area (TPSA) is 122 Å². The van der Waals surface area contributed by atoms with E-state index in [2.05, 4.69) is 10.0 Å². The summed E-state index contributed by atoms with van der Waals surface area (Å²) in [5.74, 6) is -1.52. The molecule has 25 heavy (non-hydrogen) atoms. The van der Waals surface area contributed by atoms with E-state index in [0.717, 1.165) is 38.4 Å². The minimum Gasteiger partial charge on any atom is -0.486 e. The van der Waals surface area contributed by atoms with E-state index in [4.69, 9.17) is 4.74 Å². The zero-order valence-electron chi connectivity index (χ0n) is 14.2. The molecule has 8 nitrogen and oxygen atoms in total. The lowest BCUT2D eigenvalue weighted by molar-refractivity contribution is -0.114. The first-order valence-electron chi connectivity index (χ1n) is 7.99. The van der Waals surface area contributed by atoms with Crippen LogP contribution in [0.3, 0.4) is 0 Å². The summed E-state index contributed by atoms with van der Waals surface area (Å²) >= 11 is 0. The Kier molecular flexibility index (Phi) is 5.89. The maximum absolute atomic E-state index is 11.7. The number of benzene rings is 1. The molecule has 0 atom stereocenters. The summed E-state index contributed by atoms with van der Waals surface area (Å²) in [7, 11) is -3.66. The lowest BCUT2D eigenvalue weighted by Gasteiger charge is -2.26. The van der Waals surface area contributed by atoms with Crippen molar-refractivity contribution in [3.63, 3.8) is 0 Å². The number of rotatable bonds is 6. The van der Waals surface area contributed by atoms with Gasteiger partial charge in [-0.05, 0) is 37.8 Å². The molecule has 1 aromatic rings. The summed E-state index contributed by atoms with van der Waals surface area (Å²) in [6, 6.07) is 2.45. The van der Waals surface area contributed by atoms with E-state index in [0.29, 0.717) is 0 Å². The van der Waals surface area contributed by atoms with Gasteiger partial charge in [0.05, 0.1) is 29.3 Å². The zero-order valence-corrected chi connectivity index (χ0v) is 15.0. The molecule has 138 valence electrons.